The summed E-state index contributed by atoms with van der Waals surface area (Å²) in [6, 6.07) is 4.65. The largest absolute Gasteiger partial charge is 0.385 e. The maximum absolute atomic E-state index is 3.99. The Balaban J connectivity index is 2.04. The maximum Gasteiger partial charge on any atom is 0.0371 e. The van der Waals surface area contributed by atoms with Crippen LogP contribution in [0.2, 0.25) is 0 Å². The van der Waals surface area contributed by atoms with Gasteiger partial charge in [-0.1, -0.05) is 0 Å². The van der Waals surface area contributed by atoms with Gasteiger partial charge in [-0.15, -0.1) is 0 Å². The monoisotopic (exact) mass is 221 g/mol. The molecule has 0 aromatic carbocycles. The summed E-state index contributed by atoms with van der Waals surface area (Å²) in [4.78, 5) is 6.37. The fraction of sp³-hybridized carbons (Fsp3) is 0.615. The summed E-state index contributed by atoms with van der Waals surface area (Å²) in [5.41, 5.74) is 1.16. The summed E-state index contributed by atoms with van der Waals surface area (Å²) < 4.78 is 0. The predicted molar refractivity (Wildman–Crippen MR) is 69.7 cm³/mol. The van der Waals surface area contributed by atoms with Gasteiger partial charge in [0.25, 0.3) is 0 Å². The van der Waals surface area contributed by atoms with E-state index in [1.54, 1.807) is 0 Å². The number of rotatable bonds is 7. The summed E-state index contributed by atoms with van der Waals surface area (Å²) in [6.07, 6.45) is 6.08. The molecule has 0 aliphatic carbocycles. The lowest BCUT2D eigenvalue weighted by molar-refractivity contribution is 0.269. The second-order valence-electron chi connectivity index (χ2n) is 4.44. The number of aromatic nitrogens is 1. The zero-order chi connectivity index (χ0) is 11.8. The molecule has 0 saturated carbocycles. The van der Waals surface area contributed by atoms with E-state index in [-0.39, 0.29) is 0 Å². The van der Waals surface area contributed by atoms with Gasteiger partial charge in [-0.2, -0.15) is 0 Å². The number of nitrogens with one attached hydrogen (secondary N) is 1. The van der Waals surface area contributed by atoms with E-state index in [1.165, 1.54) is 19.4 Å². The molecule has 90 valence electrons. The quantitative estimate of drug-likeness (QED) is 0.717. The fourth-order valence-corrected chi connectivity index (χ4v) is 1.45. The molecule has 0 bridgehead atoms. The van der Waals surface area contributed by atoms with E-state index >= 15 is 0 Å². The van der Waals surface area contributed by atoms with Crippen molar-refractivity contribution in [1.29, 1.82) is 0 Å². The predicted octanol–water partition coefficient (Wildman–Crippen LogP) is 2.61. The topological polar surface area (TPSA) is 28.2 Å². The smallest absolute Gasteiger partial charge is 0.0371 e. The van der Waals surface area contributed by atoms with E-state index in [9.17, 15) is 0 Å². The Morgan fingerprint density at radius 3 is 2.56 bits per heavy atom. The Labute approximate surface area is 98.9 Å². The molecular formula is C13H23N3. The van der Waals surface area contributed by atoms with E-state index in [0.717, 1.165) is 12.2 Å². The number of hydrogen-bond donors (Lipinski definition) is 1. The van der Waals surface area contributed by atoms with Gasteiger partial charge in [0.1, 0.15) is 0 Å². The molecule has 1 aromatic rings. The second kappa shape index (κ2) is 7.23. The molecule has 0 spiro atoms. The lowest BCUT2D eigenvalue weighted by Crippen LogP contribution is -2.27. The van der Waals surface area contributed by atoms with Crippen LogP contribution in [0.5, 0.6) is 0 Å². The summed E-state index contributed by atoms with van der Waals surface area (Å²) in [5, 5.41) is 3.39. The van der Waals surface area contributed by atoms with Crippen LogP contribution in [0.3, 0.4) is 0 Å². The fourth-order valence-electron chi connectivity index (χ4n) is 1.45. The van der Waals surface area contributed by atoms with Crippen molar-refractivity contribution < 1.29 is 0 Å². The third-order valence-electron chi connectivity index (χ3n) is 2.83. The molecule has 0 amide bonds. The molecule has 1 aromatic heterocycles. The van der Waals surface area contributed by atoms with E-state index in [4.69, 9.17) is 0 Å². The Bertz CT molecular complexity index is 272. The van der Waals surface area contributed by atoms with Gasteiger partial charge >= 0.3 is 0 Å². The van der Waals surface area contributed by atoms with Crippen LogP contribution < -0.4 is 5.32 Å². The lowest BCUT2D eigenvalue weighted by atomic mass is 10.2. The molecule has 0 aliphatic heterocycles. The first kappa shape index (κ1) is 13.0. The van der Waals surface area contributed by atoms with Gasteiger partial charge in [-0.25, -0.2) is 0 Å². The Morgan fingerprint density at radius 2 is 1.94 bits per heavy atom. The molecule has 0 unspecified atom stereocenters. The molecule has 16 heavy (non-hydrogen) atoms. The van der Waals surface area contributed by atoms with Crippen molar-refractivity contribution in [3.8, 4) is 0 Å². The van der Waals surface area contributed by atoms with Crippen molar-refractivity contribution in [2.75, 3.05) is 25.5 Å². The summed E-state index contributed by atoms with van der Waals surface area (Å²) >= 11 is 0. The first-order chi connectivity index (χ1) is 7.70. The molecule has 1 N–H and O–H groups in total. The number of nitrogens with zero attached hydrogens (tertiary/aromatic N) is 2. The first-order valence-corrected chi connectivity index (χ1v) is 6.04. The van der Waals surface area contributed by atoms with E-state index in [1.807, 2.05) is 24.5 Å². The van der Waals surface area contributed by atoms with Crippen molar-refractivity contribution in [1.82, 2.24) is 9.88 Å². The van der Waals surface area contributed by atoms with Gasteiger partial charge in [0.15, 0.2) is 0 Å². The molecule has 0 fully saturated rings. The van der Waals surface area contributed by atoms with Crippen LogP contribution in [-0.4, -0.2) is 36.1 Å². The van der Waals surface area contributed by atoms with Gasteiger partial charge < -0.3 is 10.2 Å². The van der Waals surface area contributed by atoms with Crippen molar-refractivity contribution in [2.45, 2.75) is 32.7 Å². The minimum absolute atomic E-state index is 0.646. The minimum atomic E-state index is 0.646. The number of pyridine rings is 1. The number of anilines is 1. The van der Waals surface area contributed by atoms with Crippen LogP contribution in [0.15, 0.2) is 24.5 Å². The van der Waals surface area contributed by atoms with Crippen molar-refractivity contribution in [3.63, 3.8) is 0 Å². The molecule has 3 nitrogen and oxygen atoms in total. The third kappa shape index (κ3) is 5.12. The Hall–Kier alpha value is -1.09. The highest BCUT2D eigenvalue weighted by Gasteiger charge is 2.01. The minimum Gasteiger partial charge on any atom is -0.385 e. The molecule has 0 radical (unpaired) electrons. The SMILES string of the molecule is CC(C)N(C)CCCCNc1ccncc1. The zero-order valence-electron chi connectivity index (χ0n) is 10.6. The summed E-state index contributed by atoms with van der Waals surface area (Å²) in [7, 11) is 2.18. The van der Waals surface area contributed by atoms with Crippen LogP contribution >= 0.6 is 0 Å². The first-order valence-electron chi connectivity index (χ1n) is 6.04. The van der Waals surface area contributed by atoms with Crippen LogP contribution in [0, 0.1) is 0 Å². The normalized spacial score (nSPS) is 11.1. The van der Waals surface area contributed by atoms with Gasteiger partial charge in [0.2, 0.25) is 0 Å². The van der Waals surface area contributed by atoms with Crippen LogP contribution in [-0.2, 0) is 0 Å². The van der Waals surface area contributed by atoms with Crippen LogP contribution in [0.1, 0.15) is 26.7 Å². The maximum atomic E-state index is 3.99. The number of unbranched alkanes of at least 4 members (excludes halogenated alkanes) is 1. The average molecular weight is 221 g/mol. The summed E-state index contributed by atoms with van der Waals surface area (Å²) in [5.74, 6) is 0. The van der Waals surface area contributed by atoms with Gasteiger partial charge in [-0.05, 0) is 52.4 Å². The Kier molecular flexibility index (Phi) is 5.86. The highest BCUT2D eigenvalue weighted by Crippen LogP contribution is 2.04. The highest BCUT2D eigenvalue weighted by molar-refractivity contribution is 5.40. The van der Waals surface area contributed by atoms with E-state index in [2.05, 4.69) is 36.1 Å². The van der Waals surface area contributed by atoms with Gasteiger partial charge in [-0.3, -0.25) is 4.98 Å². The van der Waals surface area contributed by atoms with Crippen molar-refractivity contribution in [2.24, 2.45) is 0 Å². The van der Waals surface area contributed by atoms with Crippen LogP contribution in [0.4, 0.5) is 5.69 Å². The molecule has 3 heteroatoms. The average Bonchev–Trinajstić information content (AvgIpc) is 2.29. The second-order valence-corrected chi connectivity index (χ2v) is 4.44. The summed E-state index contributed by atoms with van der Waals surface area (Å²) in [6.45, 7) is 6.68. The number of hydrogen-bond acceptors (Lipinski definition) is 3. The molecule has 0 aliphatic rings. The van der Waals surface area contributed by atoms with Crippen molar-refractivity contribution in [3.05, 3.63) is 24.5 Å². The van der Waals surface area contributed by atoms with Gasteiger partial charge in [0, 0.05) is 30.7 Å². The van der Waals surface area contributed by atoms with E-state index in [0.29, 0.717) is 6.04 Å². The lowest BCUT2D eigenvalue weighted by Gasteiger charge is -2.20. The van der Waals surface area contributed by atoms with Crippen molar-refractivity contribution >= 4 is 5.69 Å². The van der Waals surface area contributed by atoms with E-state index < -0.39 is 0 Å². The molecule has 0 saturated heterocycles. The third-order valence-corrected chi connectivity index (χ3v) is 2.83. The highest BCUT2D eigenvalue weighted by atomic mass is 15.1. The van der Waals surface area contributed by atoms with Gasteiger partial charge in [0.05, 0.1) is 0 Å². The molecule has 1 heterocycles. The molecular weight excluding hydrogens is 198 g/mol. The van der Waals surface area contributed by atoms with Crippen LogP contribution in [0.25, 0.3) is 0 Å². The molecule has 0 atom stereocenters. The molecule has 1 rings (SSSR count). The standard InChI is InChI=1S/C13H23N3/c1-12(2)16(3)11-5-4-8-15-13-6-9-14-10-7-13/h6-7,9-10,12H,4-5,8,11H2,1-3H3,(H,14,15). The Morgan fingerprint density at radius 1 is 1.25 bits per heavy atom. The zero-order valence-corrected chi connectivity index (χ0v) is 10.6.